The number of aldehydes is 1. The molecule has 0 saturated carbocycles. The maximum atomic E-state index is 10.4. The Kier molecular flexibility index (Phi) is 18.4. The summed E-state index contributed by atoms with van der Waals surface area (Å²) in [6.45, 7) is -2.89. The van der Waals surface area contributed by atoms with Crippen LogP contribution in [0, 0.1) is 0 Å². The molecule has 5 unspecified atom stereocenters. The van der Waals surface area contributed by atoms with E-state index in [1.54, 1.807) is 0 Å². The molecule has 0 aromatic carbocycles. The first-order chi connectivity index (χ1) is 14.5. The highest BCUT2D eigenvalue weighted by molar-refractivity contribution is 5.53. The minimum Gasteiger partial charge on any atom is -0.394 e. The van der Waals surface area contributed by atoms with Gasteiger partial charge >= 0.3 is 0 Å². The van der Waals surface area contributed by atoms with Crippen LogP contribution in [0.5, 0.6) is 0 Å². The van der Waals surface area contributed by atoms with Gasteiger partial charge in [-0.3, -0.25) is 4.79 Å². The molecule has 0 aliphatic rings. The molecule has 0 fully saturated rings. The highest BCUT2D eigenvalue weighted by Crippen LogP contribution is 2.09. The Hall–Kier alpha value is -0.810. The summed E-state index contributed by atoms with van der Waals surface area (Å²) < 4.78 is 25.9. The van der Waals surface area contributed by atoms with Crippen molar-refractivity contribution in [3.63, 3.8) is 0 Å². The van der Waals surface area contributed by atoms with E-state index in [-0.39, 0.29) is 32.3 Å². The predicted molar refractivity (Wildman–Crippen MR) is 97.9 cm³/mol. The molecule has 0 heterocycles. The second-order valence-corrected chi connectivity index (χ2v) is 6.07. The van der Waals surface area contributed by atoms with Gasteiger partial charge in [0.25, 0.3) is 0 Å². The molecule has 7 N–H and O–H groups in total. The summed E-state index contributed by atoms with van der Waals surface area (Å²) in [7, 11) is 0. The van der Waals surface area contributed by atoms with Crippen LogP contribution in [0.25, 0.3) is 0 Å². The number of rotatable bonds is 21. The van der Waals surface area contributed by atoms with Crippen molar-refractivity contribution in [1.82, 2.24) is 0 Å². The lowest BCUT2D eigenvalue weighted by Crippen LogP contribution is -2.35. The SMILES string of the molecule is O=CC(O)OC(CO)CCOC(CO)OC(CO)CCOC(CO)OC(CO)CO. The van der Waals surface area contributed by atoms with Crippen molar-refractivity contribution >= 4 is 6.29 Å². The van der Waals surface area contributed by atoms with E-state index in [0.717, 1.165) is 0 Å². The van der Waals surface area contributed by atoms with Crippen LogP contribution in [0.3, 0.4) is 0 Å². The molecule has 0 aliphatic heterocycles. The van der Waals surface area contributed by atoms with Gasteiger partial charge in [0.2, 0.25) is 6.29 Å². The fourth-order valence-electron chi connectivity index (χ4n) is 2.14. The summed E-state index contributed by atoms with van der Waals surface area (Å²) in [5.74, 6) is 0. The van der Waals surface area contributed by atoms with Crippen LogP contribution >= 0.6 is 0 Å². The number of ether oxygens (including phenoxy) is 5. The van der Waals surface area contributed by atoms with Gasteiger partial charge in [0, 0.05) is 0 Å². The van der Waals surface area contributed by atoms with Gasteiger partial charge in [-0.2, -0.15) is 0 Å². The quantitative estimate of drug-likeness (QED) is 0.0665. The highest BCUT2D eigenvalue weighted by Gasteiger charge is 2.20. The normalized spacial score (nSPS) is 16.9. The fourth-order valence-corrected chi connectivity index (χ4v) is 2.14. The molecule has 0 aliphatic carbocycles. The average Bonchev–Trinajstić information content (AvgIpc) is 2.78. The van der Waals surface area contributed by atoms with Crippen LogP contribution < -0.4 is 0 Å². The molecular formula is C17H34O13. The second-order valence-electron chi connectivity index (χ2n) is 6.07. The van der Waals surface area contributed by atoms with E-state index in [0.29, 0.717) is 0 Å². The van der Waals surface area contributed by atoms with Gasteiger partial charge in [0.05, 0.1) is 65.1 Å². The molecule has 0 radical (unpaired) electrons. The first-order valence-corrected chi connectivity index (χ1v) is 9.45. The Labute approximate surface area is 174 Å². The molecule has 0 rings (SSSR count). The molecule has 13 heteroatoms. The van der Waals surface area contributed by atoms with Crippen LogP contribution in [0.4, 0.5) is 0 Å². The number of aliphatic hydroxyl groups excluding tert-OH is 7. The number of carbonyl (C=O) groups is 1. The second kappa shape index (κ2) is 18.9. The molecule has 0 spiro atoms. The topological polar surface area (TPSA) is 205 Å². The van der Waals surface area contributed by atoms with Crippen molar-refractivity contribution in [1.29, 1.82) is 0 Å². The third-order valence-corrected chi connectivity index (χ3v) is 3.74. The Morgan fingerprint density at radius 1 is 0.600 bits per heavy atom. The molecule has 5 atom stereocenters. The van der Waals surface area contributed by atoms with Crippen LogP contribution in [0.1, 0.15) is 12.8 Å². The van der Waals surface area contributed by atoms with E-state index >= 15 is 0 Å². The van der Waals surface area contributed by atoms with Crippen LogP contribution in [-0.4, -0.2) is 132 Å². The number of carbonyl (C=O) groups excluding carboxylic acids is 1. The number of hydrogen-bond acceptors (Lipinski definition) is 13. The van der Waals surface area contributed by atoms with E-state index in [1.165, 1.54) is 0 Å². The third-order valence-electron chi connectivity index (χ3n) is 3.74. The molecule has 13 nitrogen and oxygen atoms in total. The van der Waals surface area contributed by atoms with Crippen molar-refractivity contribution in [2.45, 2.75) is 50.0 Å². The van der Waals surface area contributed by atoms with Gasteiger partial charge in [0.15, 0.2) is 18.9 Å². The molecule has 0 amide bonds. The van der Waals surface area contributed by atoms with Crippen molar-refractivity contribution in [2.24, 2.45) is 0 Å². The smallest absolute Gasteiger partial charge is 0.212 e. The Balaban J connectivity index is 4.31. The zero-order chi connectivity index (χ0) is 22.8. The molecule has 0 saturated heterocycles. The maximum absolute atomic E-state index is 10.4. The van der Waals surface area contributed by atoms with Crippen molar-refractivity contribution in [2.75, 3.05) is 52.9 Å². The zero-order valence-corrected chi connectivity index (χ0v) is 16.7. The monoisotopic (exact) mass is 446 g/mol. The fraction of sp³-hybridized carbons (Fsp3) is 0.941. The predicted octanol–water partition coefficient (Wildman–Crippen LogP) is -3.92. The first kappa shape index (κ1) is 29.2. The zero-order valence-electron chi connectivity index (χ0n) is 16.7. The summed E-state index contributed by atoms with van der Waals surface area (Å²) in [6.07, 6.45) is -5.99. The minimum atomic E-state index is -1.66. The Morgan fingerprint density at radius 2 is 1.00 bits per heavy atom. The van der Waals surface area contributed by atoms with Crippen molar-refractivity contribution < 1.29 is 64.2 Å². The molecule has 0 bridgehead atoms. The van der Waals surface area contributed by atoms with E-state index in [1.807, 2.05) is 0 Å². The van der Waals surface area contributed by atoms with E-state index in [9.17, 15) is 20.1 Å². The first-order valence-electron chi connectivity index (χ1n) is 9.45. The molecule has 30 heavy (non-hydrogen) atoms. The third kappa shape index (κ3) is 13.5. The lowest BCUT2D eigenvalue weighted by atomic mass is 10.3. The summed E-state index contributed by atoms with van der Waals surface area (Å²) in [4.78, 5) is 10.4. The van der Waals surface area contributed by atoms with Gasteiger partial charge in [-0.15, -0.1) is 0 Å². The van der Waals surface area contributed by atoms with Crippen molar-refractivity contribution in [3.05, 3.63) is 0 Å². The van der Waals surface area contributed by atoms with Gasteiger partial charge in [0.1, 0.15) is 6.10 Å². The lowest BCUT2D eigenvalue weighted by Gasteiger charge is -2.25. The lowest BCUT2D eigenvalue weighted by molar-refractivity contribution is -0.219. The summed E-state index contributed by atoms with van der Waals surface area (Å²) in [5.41, 5.74) is 0. The van der Waals surface area contributed by atoms with Crippen LogP contribution in [-0.2, 0) is 28.5 Å². The number of aliphatic hydroxyl groups is 7. The maximum Gasteiger partial charge on any atom is 0.212 e. The number of hydrogen-bond donors (Lipinski definition) is 7. The van der Waals surface area contributed by atoms with E-state index in [2.05, 4.69) is 0 Å². The van der Waals surface area contributed by atoms with Gasteiger partial charge in [-0.25, -0.2) is 0 Å². The standard InChI is InChI=1S/C17H34O13/c18-5-12(28-15(25)9-22)1-3-26-16(10-23)29-13(6-19)2-4-27-17(11-24)30-14(7-20)8-21/h9,12-21,23-25H,1-8,10-11H2. The largest absolute Gasteiger partial charge is 0.394 e. The molecule has 0 aromatic heterocycles. The molecule has 180 valence electrons. The Morgan fingerprint density at radius 3 is 1.37 bits per heavy atom. The van der Waals surface area contributed by atoms with E-state index in [4.69, 9.17) is 44.1 Å². The summed E-state index contributed by atoms with van der Waals surface area (Å²) in [6, 6.07) is 0. The van der Waals surface area contributed by atoms with Crippen LogP contribution in [0.2, 0.25) is 0 Å². The average molecular weight is 446 g/mol. The van der Waals surface area contributed by atoms with Crippen LogP contribution in [0.15, 0.2) is 0 Å². The molecule has 0 aromatic rings. The van der Waals surface area contributed by atoms with Gasteiger partial charge in [-0.1, -0.05) is 0 Å². The molecular weight excluding hydrogens is 412 g/mol. The van der Waals surface area contributed by atoms with E-state index < -0.39 is 76.8 Å². The highest BCUT2D eigenvalue weighted by atomic mass is 16.7. The Bertz CT molecular complexity index is 396. The van der Waals surface area contributed by atoms with Crippen molar-refractivity contribution in [3.8, 4) is 0 Å². The minimum absolute atomic E-state index is 0.0117. The van der Waals surface area contributed by atoms with Gasteiger partial charge in [-0.05, 0) is 12.8 Å². The summed E-state index contributed by atoms with van der Waals surface area (Å²) >= 11 is 0. The van der Waals surface area contributed by atoms with Gasteiger partial charge < -0.3 is 59.4 Å². The summed E-state index contributed by atoms with van der Waals surface area (Å²) in [5, 5.41) is 64.1.